The van der Waals surface area contributed by atoms with Gasteiger partial charge in [0.15, 0.2) is 5.84 Å². The van der Waals surface area contributed by atoms with E-state index in [0.717, 1.165) is 25.9 Å². The lowest BCUT2D eigenvalue weighted by Gasteiger charge is -2.35. The summed E-state index contributed by atoms with van der Waals surface area (Å²) in [7, 11) is 0. The quantitative estimate of drug-likeness (QED) is 0.256. The van der Waals surface area contributed by atoms with Crippen LogP contribution in [0.25, 0.3) is 0 Å². The molecule has 0 aromatic carbocycles. The zero-order valence-electron chi connectivity index (χ0n) is 8.56. The van der Waals surface area contributed by atoms with Crippen molar-refractivity contribution in [1.82, 2.24) is 4.90 Å². The van der Waals surface area contributed by atoms with Crippen molar-refractivity contribution < 1.29 is 10.3 Å². The average Bonchev–Trinajstić information content (AvgIpc) is 2.20. The molecule has 5 heteroatoms. The molecule has 1 rings (SSSR count). The molecular weight excluding hydrogens is 182 g/mol. The first-order chi connectivity index (χ1) is 6.67. The van der Waals surface area contributed by atoms with E-state index >= 15 is 0 Å². The monoisotopic (exact) mass is 201 g/mol. The molecule has 0 spiro atoms. The van der Waals surface area contributed by atoms with Gasteiger partial charge in [-0.2, -0.15) is 0 Å². The molecule has 2 unspecified atom stereocenters. The summed E-state index contributed by atoms with van der Waals surface area (Å²) in [6, 6.07) is 0. The van der Waals surface area contributed by atoms with Gasteiger partial charge < -0.3 is 16.0 Å². The summed E-state index contributed by atoms with van der Waals surface area (Å²) in [6.07, 6.45) is 1.55. The van der Waals surface area contributed by atoms with Gasteiger partial charge in [-0.25, -0.2) is 0 Å². The topological polar surface area (TPSA) is 82.1 Å². The van der Waals surface area contributed by atoms with Gasteiger partial charge >= 0.3 is 0 Å². The van der Waals surface area contributed by atoms with E-state index in [1.807, 2.05) is 0 Å². The zero-order chi connectivity index (χ0) is 10.6. The predicted octanol–water partition coefficient (Wildman–Crippen LogP) is -0.174. The van der Waals surface area contributed by atoms with Crippen LogP contribution in [-0.2, 0) is 0 Å². The average molecular weight is 201 g/mol. The van der Waals surface area contributed by atoms with Crippen LogP contribution in [0.3, 0.4) is 0 Å². The Hall–Kier alpha value is -0.810. The molecule has 14 heavy (non-hydrogen) atoms. The number of hydrogen-bond donors (Lipinski definition) is 3. The summed E-state index contributed by atoms with van der Waals surface area (Å²) in [5.41, 5.74) is 5.42. The molecule has 0 radical (unpaired) electrons. The third-order valence-electron chi connectivity index (χ3n) is 2.82. The second-order valence-electron chi connectivity index (χ2n) is 3.85. The Morgan fingerprint density at radius 3 is 2.93 bits per heavy atom. The Morgan fingerprint density at radius 2 is 2.36 bits per heavy atom. The van der Waals surface area contributed by atoms with E-state index in [1.165, 1.54) is 0 Å². The van der Waals surface area contributed by atoms with Crippen LogP contribution in [0.4, 0.5) is 0 Å². The van der Waals surface area contributed by atoms with Gasteiger partial charge in [0.1, 0.15) is 0 Å². The fourth-order valence-corrected chi connectivity index (χ4v) is 1.90. The minimum absolute atomic E-state index is 0.191. The van der Waals surface area contributed by atoms with Crippen molar-refractivity contribution in [2.24, 2.45) is 16.8 Å². The third kappa shape index (κ3) is 2.85. The number of nitrogens with zero attached hydrogens (tertiary/aromatic N) is 2. The molecule has 1 saturated heterocycles. The summed E-state index contributed by atoms with van der Waals surface area (Å²) in [4.78, 5) is 2.11. The first-order valence-corrected chi connectivity index (χ1v) is 5.04. The van der Waals surface area contributed by atoms with Crippen molar-refractivity contribution in [3.05, 3.63) is 0 Å². The van der Waals surface area contributed by atoms with Crippen LogP contribution < -0.4 is 5.73 Å². The van der Waals surface area contributed by atoms with Crippen LogP contribution in [0.2, 0.25) is 0 Å². The van der Waals surface area contributed by atoms with Crippen molar-refractivity contribution >= 4 is 5.84 Å². The molecule has 0 bridgehead atoms. The van der Waals surface area contributed by atoms with E-state index in [1.54, 1.807) is 0 Å². The highest BCUT2D eigenvalue weighted by molar-refractivity contribution is 5.81. The number of oxime groups is 1. The van der Waals surface area contributed by atoms with Crippen LogP contribution >= 0.6 is 0 Å². The van der Waals surface area contributed by atoms with Gasteiger partial charge in [-0.15, -0.1) is 0 Å². The minimum atomic E-state index is -0.191. The smallest absolute Gasteiger partial charge is 0.153 e. The van der Waals surface area contributed by atoms with Gasteiger partial charge in [0.2, 0.25) is 0 Å². The van der Waals surface area contributed by atoms with E-state index in [0.29, 0.717) is 12.5 Å². The fourth-order valence-electron chi connectivity index (χ4n) is 1.90. The summed E-state index contributed by atoms with van der Waals surface area (Å²) < 4.78 is 0. The molecule has 0 amide bonds. The Labute approximate surface area is 84.2 Å². The zero-order valence-corrected chi connectivity index (χ0v) is 8.56. The molecule has 0 aromatic heterocycles. The fraction of sp³-hybridized carbons (Fsp3) is 0.889. The van der Waals surface area contributed by atoms with Crippen molar-refractivity contribution in [2.75, 3.05) is 19.6 Å². The number of hydrogen-bond acceptors (Lipinski definition) is 4. The molecule has 0 aromatic rings. The number of likely N-dealkylation sites (tertiary alicyclic amines) is 1. The molecule has 1 fully saturated rings. The van der Waals surface area contributed by atoms with Crippen molar-refractivity contribution in [3.8, 4) is 0 Å². The molecule has 2 atom stereocenters. The number of rotatable bonds is 3. The van der Waals surface area contributed by atoms with Crippen molar-refractivity contribution in [2.45, 2.75) is 25.9 Å². The molecule has 1 aliphatic heterocycles. The highest BCUT2D eigenvalue weighted by Crippen LogP contribution is 2.19. The van der Waals surface area contributed by atoms with Gasteiger partial charge in [-0.05, 0) is 18.8 Å². The standard InChI is InChI=1S/C9H19N3O2/c1-2-7-5-12(4-3-8(7)13)6-9(10)11-14/h7-8,13-14H,2-6H2,1H3,(H2,10,11). The van der Waals surface area contributed by atoms with E-state index in [4.69, 9.17) is 10.9 Å². The second-order valence-corrected chi connectivity index (χ2v) is 3.85. The molecule has 1 aliphatic rings. The normalized spacial score (nSPS) is 30.6. The number of piperidine rings is 1. The van der Waals surface area contributed by atoms with Crippen molar-refractivity contribution in [1.29, 1.82) is 0 Å². The molecule has 5 nitrogen and oxygen atoms in total. The van der Waals surface area contributed by atoms with Gasteiger partial charge in [-0.3, -0.25) is 4.90 Å². The maximum atomic E-state index is 9.64. The molecular formula is C9H19N3O2. The van der Waals surface area contributed by atoms with E-state index < -0.39 is 0 Å². The number of aliphatic hydroxyl groups is 1. The Bertz CT molecular complexity index is 208. The summed E-state index contributed by atoms with van der Waals surface area (Å²) in [5.74, 6) is 0.548. The third-order valence-corrected chi connectivity index (χ3v) is 2.82. The predicted molar refractivity (Wildman–Crippen MR) is 54.3 cm³/mol. The van der Waals surface area contributed by atoms with Gasteiger partial charge in [0, 0.05) is 13.1 Å². The number of nitrogens with two attached hydrogens (primary N) is 1. The van der Waals surface area contributed by atoms with Crippen LogP contribution in [0.5, 0.6) is 0 Å². The number of amidine groups is 1. The highest BCUT2D eigenvalue weighted by Gasteiger charge is 2.26. The van der Waals surface area contributed by atoms with Crippen LogP contribution in [0.1, 0.15) is 19.8 Å². The maximum absolute atomic E-state index is 9.64. The molecule has 1 heterocycles. The first-order valence-electron chi connectivity index (χ1n) is 5.04. The highest BCUT2D eigenvalue weighted by atomic mass is 16.4. The summed E-state index contributed by atoms with van der Waals surface area (Å²) in [5, 5.41) is 21.0. The van der Waals surface area contributed by atoms with Crippen LogP contribution in [0.15, 0.2) is 5.16 Å². The van der Waals surface area contributed by atoms with Crippen molar-refractivity contribution in [3.63, 3.8) is 0 Å². The van der Waals surface area contributed by atoms with E-state index in [-0.39, 0.29) is 11.9 Å². The second kappa shape index (κ2) is 5.17. The Morgan fingerprint density at radius 1 is 1.64 bits per heavy atom. The molecule has 0 aliphatic carbocycles. The summed E-state index contributed by atoms with van der Waals surface area (Å²) >= 11 is 0. The lowest BCUT2D eigenvalue weighted by Crippen LogP contribution is -2.46. The molecule has 82 valence electrons. The number of aliphatic hydroxyl groups excluding tert-OH is 1. The largest absolute Gasteiger partial charge is 0.409 e. The van der Waals surface area contributed by atoms with Crippen LogP contribution in [0, 0.1) is 5.92 Å². The summed E-state index contributed by atoms with van der Waals surface area (Å²) in [6.45, 7) is 4.20. The lowest BCUT2D eigenvalue weighted by atomic mass is 9.92. The minimum Gasteiger partial charge on any atom is -0.409 e. The van der Waals surface area contributed by atoms with Gasteiger partial charge in [-0.1, -0.05) is 12.1 Å². The van der Waals surface area contributed by atoms with Gasteiger partial charge in [0.25, 0.3) is 0 Å². The van der Waals surface area contributed by atoms with E-state index in [2.05, 4.69) is 17.0 Å². The SMILES string of the molecule is CCC1CN(C/C(N)=N/O)CCC1O. The first kappa shape index (κ1) is 11.3. The van der Waals surface area contributed by atoms with Gasteiger partial charge in [0.05, 0.1) is 12.6 Å². The lowest BCUT2D eigenvalue weighted by molar-refractivity contribution is 0.0306. The Balaban J connectivity index is 2.42. The van der Waals surface area contributed by atoms with E-state index in [9.17, 15) is 5.11 Å². The van der Waals surface area contributed by atoms with Crippen LogP contribution in [-0.4, -0.2) is 46.8 Å². The molecule has 4 N–H and O–H groups in total. The Kier molecular flexibility index (Phi) is 4.16. The maximum Gasteiger partial charge on any atom is 0.153 e. The molecule has 0 saturated carbocycles.